The summed E-state index contributed by atoms with van der Waals surface area (Å²) in [6, 6.07) is 3.41. The topological polar surface area (TPSA) is 89.1 Å². The number of aryl methyl sites for hydroxylation is 1. The molecule has 0 aliphatic rings. The van der Waals surface area contributed by atoms with Crippen LogP contribution in [-0.4, -0.2) is 26.3 Å². The molecule has 2 aromatic heterocycles. The number of pyridine rings is 1. The van der Waals surface area contributed by atoms with Gasteiger partial charge in [-0.2, -0.15) is 0 Å². The second kappa shape index (κ2) is 4.96. The third-order valence-corrected chi connectivity index (χ3v) is 2.82. The maximum absolute atomic E-state index is 10.9. The molecule has 0 aliphatic carbocycles. The molecule has 7 heteroatoms. The van der Waals surface area contributed by atoms with Crippen LogP contribution in [0.15, 0.2) is 28.0 Å². The van der Waals surface area contributed by atoms with E-state index in [0.29, 0.717) is 22.4 Å². The SMILES string of the molecule is Cc1nnc(SCc2cccnc2C(=O)O)o1. The first-order valence-electron chi connectivity index (χ1n) is 4.77. The highest BCUT2D eigenvalue weighted by Gasteiger charge is 2.12. The van der Waals surface area contributed by atoms with Crippen LogP contribution in [0.5, 0.6) is 0 Å². The molecule has 6 nitrogen and oxygen atoms in total. The average Bonchev–Trinajstić information content (AvgIpc) is 2.73. The van der Waals surface area contributed by atoms with Gasteiger partial charge in [-0.15, -0.1) is 10.2 Å². The standard InChI is InChI=1S/C10H9N3O3S/c1-6-12-13-10(16-6)17-5-7-3-2-4-11-8(7)9(14)15/h2-4H,5H2,1H3,(H,14,15). The van der Waals surface area contributed by atoms with E-state index in [1.165, 1.54) is 18.0 Å². The zero-order valence-corrected chi connectivity index (χ0v) is 9.77. The van der Waals surface area contributed by atoms with Crippen molar-refractivity contribution in [2.24, 2.45) is 0 Å². The van der Waals surface area contributed by atoms with Gasteiger partial charge in [0.05, 0.1) is 0 Å². The van der Waals surface area contributed by atoms with Gasteiger partial charge in [0.2, 0.25) is 5.89 Å². The third-order valence-electron chi connectivity index (χ3n) is 1.95. The largest absolute Gasteiger partial charge is 0.477 e. The summed E-state index contributed by atoms with van der Waals surface area (Å²) in [4.78, 5) is 14.7. The fourth-order valence-corrected chi connectivity index (χ4v) is 2.01. The smallest absolute Gasteiger partial charge is 0.354 e. The number of carboxylic acid groups (broad SMARTS) is 1. The first kappa shape index (κ1) is 11.6. The number of carbonyl (C=O) groups is 1. The number of hydrogen-bond donors (Lipinski definition) is 1. The van der Waals surface area contributed by atoms with Crippen molar-refractivity contribution >= 4 is 17.7 Å². The Morgan fingerprint density at radius 2 is 2.35 bits per heavy atom. The minimum Gasteiger partial charge on any atom is -0.477 e. The number of rotatable bonds is 4. The average molecular weight is 251 g/mol. The Bertz CT molecular complexity index is 541. The van der Waals surface area contributed by atoms with Gasteiger partial charge in [-0.25, -0.2) is 9.78 Å². The summed E-state index contributed by atoms with van der Waals surface area (Å²) in [5.74, 6) is -0.128. The van der Waals surface area contributed by atoms with Crippen molar-refractivity contribution in [3.63, 3.8) is 0 Å². The molecule has 0 spiro atoms. The second-order valence-corrected chi connectivity index (χ2v) is 4.12. The molecule has 0 saturated carbocycles. The Morgan fingerprint density at radius 3 is 3.00 bits per heavy atom. The summed E-state index contributed by atoms with van der Waals surface area (Å²) < 4.78 is 5.18. The van der Waals surface area contributed by atoms with Crippen molar-refractivity contribution in [3.05, 3.63) is 35.5 Å². The van der Waals surface area contributed by atoms with Crippen LogP contribution in [0.25, 0.3) is 0 Å². The van der Waals surface area contributed by atoms with E-state index in [-0.39, 0.29) is 5.69 Å². The minimum atomic E-state index is -1.04. The molecule has 0 atom stereocenters. The van der Waals surface area contributed by atoms with Crippen LogP contribution in [0.3, 0.4) is 0 Å². The molecule has 0 amide bonds. The summed E-state index contributed by atoms with van der Waals surface area (Å²) >= 11 is 1.28. The molecule has 0 bridgehead atoms. The van der Waals surface area contributed by atoms with Gasteiger partial charge in [-0.1, -0.05) is 17.8 Å². The molecule has 0 aromatic carbocycles. The molecule has 17 heavy (non-hydrogen) atoms. The summed E-state index contributed by atoms with van der Waals surface area (Å²) in [5.41, 5.74) is 0.678. The maximum atomic E-state index is 10.9. The van der Waals surface area contributed by atoms with Crippen LogP contribution in [0.2, 0.25) is 0 Å². The van der Waals surface area contributed by atoms with E-state index in [1.807, 2.05) is 0 Å². The van der Waals surface area contributed by atoms with E-state index < -0.39 is 5.97 Å². The lowest BCUT2D eigenvalue weighted by molar-refractivity contribution is 0.0689. The van der Waals surface area contributed by atoms with Crippen molar-refractivity contribution in [2.45, 2.75) is 17.9 Å². The van der Waals surface area contributed by atoms with Gasteiger partial charge < -0.3 is 9.52 Å². The van der Waals surface area contributed by atoms with Gasteiger partial charge in [-0.05, 0) is 11.6 Å². The van der Waals surface area contributed by atoms with Crippen LogP contribution < -0.4 is 0 Å². The summed E-state index contributed by atoms with van der Waals surface area (Å²) in [6.07, 6.45) is 1.45. The molecule has 2 aromatic rings. The zero-order chi connectivity index (χ0) is 12.3. The van der Waals surface area contributed by atoms with Crippen molar-refractivity contribution in [1.82, 2.24) is 15.2 Å². The van der Waals surface area contributed by atoms with E-state index in [4.69, 9.17) is 9.52 Å². The number of aromatic nitrogens is 3. The Morgan fingerprint density at radius 1 is 1.53 bits per heavy atom. The summed E-state index contributed by atoms with van der Waals surface area (Å²) in [6.45, 7) is 1.70. The number of carboxylic acids is 1. The first-order valence-corrected chi connectivity index (χ1v) is 5.75. The van der Waals surface area contributed by atoms with Gasteiger partial charge in [0, 0.05) is 18.9 Å². The van der Waals surface area contributed by atoms with Crippen molar-refractivity contribution < 1.29 is 14.3 Å². The van der Waals surface area contributed by atoms with E-state index in [0.717, 1.165) is 0 Å². The second-order valence-electron chi connectivity index (χ2n) is 3.19. The van der Waals surface area contributed by atoms with E-state index >= 15 is 0 Å². The van der Waals surface area contributed by atoms with Crippen LogP contribution >= 0.6 is 11.8 Å². The molecule has 88 valence electrons. The Balaban J connectivity index is 2.11. The Kier molecular flexibility index (Phi) is 3.38. The normalized spacial score (nSPS) is 10.4. The number of hydrogen-bond acceptors (Lipinski definition) is 6. The molecule has 0 fully saturated rings. The first-order chi connectivity index (χ1) is 8.16. The third kappa shape index (κ3) is 2.82. The van der Waals surface area contributed by atoms with E-state index in [9.17, 15) is 4.79 Å². The van der Waals surface area contributed by atoms with Gasteiger partial charge >= 0.3 is 5.97 Å². The van der Waals surface area contributed by atoms with E-state index in [1.54, 1.807) is 19.1 Å². The minimum absolute atomic E-state index is 0.0521. The summed E-state index contributed by atoms with van der Waals surface area (Å²) in [7, 11) is 0. The number of aromatic carboxylic acids is 1. The van der Waals surface area contributed by atoms with E-state index in [2.05, 4.69) is 15.2 Å². The van der Waals surface area contributed by atoms with Gasteiger partial charge in [0.15, 0.2) is 5.69 Å². The predicted octanol–water partition coefficient (Wildman–Crippen LogP) is 1.76. The Labute approximate surface area is 101 Å². The van der Waals surface area contributed by atoms with Gasteiger partial charge in [0.1, 0.15) is 0 Å². The van der Waals surface area contributed by atoms with Crippen LogP contribution in [0, 0.1) is 6.92 Å². The zero-order valence-electron chi connectivity index (χ0n) is 8.95. The molecule has 0 radical (unpaired) electrons. The highest BCUT2D eigenvalue weighted by Crippen LogP contribution is 2.22. The lowest BCUT2D eigenvalue weighted by Gasteiger charge is -2.01. The van der Waals surface area contributed by atoms with Crippen LogP contribution in [0.1, 0.15) is 21.9 Å². The molecular weight excluding hydrogens is 242 g/mol. The molecule has 0 saturated heterocycles. The Hall–Kier alpha value is -1.89. The highest BCUT2D eigenvalue weighted by atomic mass is 32.2. The highest BCUT2D eigenvalue weighted by molar-refractivity contribution is 7.98. The lowest BCUT2D eigenvalue weighted by Crippen LogP contribution is -2.04. The number of nitrogens with zero attached hydrogens (tertiary/aromatic N) is 3. The predicted molar refractivity (Wildman–Crippen MR) is 59.8 cm³/mol. The van der Waals surface area contributed by atoms with Crippen molar-refractivity contribution in [3.8, 4) is 0 Å². The molecule has 0 unspecified atom stereocenters. The molecule has 0 aliphatic heterocycles. The van der Waals surface area contributed by atoms with Crippen molar-refractivity contribution in [2.75, 3.05) is 0 Å². The van der Waals surface area contributed by atoms with Gasteiger partial charge in [0.25, 0.3) is 5.22 Å². The van der Waals surface area contributed by atoms with Crippen LogP contribution in [0.4, 0.5) is 0 Å². The van der Waals surface area contributed by atoms with Crippen molar-refractivity contribution in [1.29, 1.82) is 0 Å². The lowest BCUT2D eigenvalue weighted by atomic mass is 10.2. The molecule has 2 rings (SSSR count). The number of thioether (sulfide) groups is 1. The molecule has 2 heterocycles. The quantitative estimate of drug-likeness (QED) is 0.828. The van der Waals surface area contributed by atoms with Gasteiger partial charge in [-0.3, -0.25) is 0 Å². The maximum Gasteiger partial charge on any atom is 0.354 e. The summed E-state index contributed by atoms with van der Waals surface area (Å²) in [5, 5.41) is 16.9. The van der Waals surface area contributed by atoms with Crippen LogP contribution in [-0.2, 0) is 5.75 Å². The molecular formula is C10H9N3O3S. The fourth-order valence-electron chi connectivity index (χ4n) is 1.22. The molecule has 1 N–H and O–H groups in total. The fraction of sp³-hybridized carbons (Fsp3) is 0.200. The monoisotopic (exact) mass is 251 g/mol.